The Hall–Kier alpha value is -3.52. The van der Waals surface area contributed by atoms with Crippen molar-refractivity contribution in [1.82, 2.24) is 0 Å². The molecule has 2 aliphatic heterocycles. The predicted molar refractivity (Wildman–Crippen MR) is 121 cm³/mol. The van der Waals surface area contributed by atoms with Gasteiger partial charge in [-0.25, -0.2) is 8.42 Å². The van der Waals surface area contributed by atoms with Crippen LogP contribution in [-0.2, 0) is 16.4 Å². The maximum atomic E-state index is 13.3. The van der Waals surface area contributed by atoms with E-state index in [1.54, 1.807) is 36.4 Å². The summed E-state index contributed by atoms with van der Waals surface area (Å²) in [6.45, 7) is 1.51. The van der Waals surface area contributed by atoms with Crippen LogP contribution in [0.5, 0.6) is 11.5 Å². The van der Waals surface area contributed by atoms with Crippen molar-refractivity contribution < 1.29 is 22.7 Å². The fourth-order valence-corrected chi connectivity index (χ4v) is 5.48. The van der Waals surface area contributed by atoms with Gasteiger partial charge in [0, 0.05) is 30.3 Å². The van der Waals surface area contributed by atoms with E-state index in [1.165, 1.54) is 16.4 Å². The van der Waals surface area contributed by atoms with Crippen LogP contribution < -0.4 is 19.1 Å². The Morgan fingerprint density at radius 3 is 2.59 bits per heavy atom. The van der Waals surface area contributed by atoms with E-state index >= 15 is 0 Å². The number of nitrogens with one attached hydrogen (secondary N) is 1. The number of hydrogen-bond donors (Lipinski definition) is 1. The van der Waals surface area contributed by atoms with Gasteiger partial charge < -0.3 is 14.8 Å². The molecular weight excluding hydrogens is 428 g/mol. The first-order valence-electron chi connectivity index (χ1n) is 10.4. The van der Waals surface area contributed by atoms with Gasteiger partial charge in [0.2, 0.25) is 0 Å². The first-order valence-corrected chi connectivity index (χ1v) is 11.9. The quantitative estimate of drug-likeness (QED) is 0.653. The molecule has 0 fully saturated rings. The standard InChI is InChI=1S/C24H22N2O5S/c27-24(25-19-9-10-22-23(16-19)31-14-4-13-30-22)18-6-3-7-20(15-18)32(28,29)26-12-11-17-5-1-2-8-21(17)26/h1-3,5-10,15-16H,4,11-14H2,(H,25,27). The van der Waals surface area contributed by atoms with E-state index < -0.39 is 15.9 Å². The number of carbonyl (C=O) groups is 1. The van der Waals surface area contributed by atoms with Crippen LogP contribution in [0.3, 0.4) is 0 Å². The number of carbonyl (C=O) groups excluding carboxylic acids is 1. The van der Waals surface area contributed by atoms with Crippen molar-refractivity contribution in [3.8, 4) is 11.5 Å². The van der Waals surface area contributed by atoms with E-state index in [-0.39, 0.29) is 10.5 Å². The second-order valence-electron chi connectivity index (χ2n) is 7.65. The molecule has 1 N–H and O–H groups in total. The van der Waals surface area contributed by atoms with Crippen molar-refractivity contribution in [2.24, 2.45) is 0 Å². The fourth-order valence-electron chi connectivity index (χ4n) is 3.93. The normalized spacial score (nSPS) is 15.1. The van der Waals surface area contributed by atoms with Crippen LogP contribution in [-0.4, -0.2) is 34.1 Å². The van der Waals surface area contributed by atoms with E-state index in [9.17, 15) is 13.2 Å². The van der Waals surface area contributed by atoms with E-state index in [2.05, 4.69) is 5.32 Å². The molecule has 3 aromatic rings. The lowest BCUT2D eigenvalue weighted by Crippen LogP contribution is -2.29. The van der Waals surface area contributed by atoms with Crippen LogP contribution in [0, 0.1) is 0 Å². The van der Waals surface area contributed by atoms with Crippen molar-refractivity contribution in [1.29, 1.82) is 0 Å². The largest absolute Gasteiger partial charge is 0.490 e. The average molecular weight is 451 g/mol. The summed E-state index contributed by atoms with van der Waals surface area (Å²) in [7, 11) is -3.78. The first kappa shape index (κ1) is 20.4. The summed E-state index contributed by atoms with van der Waals surface area (Å²) in [5.41, 5.74) is 2.49. The molecule has 0 atom stereocenters. The lowest BCUT2D eigenvalue weighted by Gasteiger charge is -2.20. The number of rotatable bonds is 4. The van der Waals surface area contributed by atoms with Crippen LogP contribution in [0.2, 0.25) is 0 Å². The van der Waals surface area contributed by atoms with Gasteiger partial charge in [0.1, 0.15) is 0 Å². The van der Waals surface area contributed by atoms with Crippen molar-refractivity contribution >= 4 is 27.3 Å². The van der Waals surface area contributed by atoms with Crippen LogP contribution >= 0.6 is 0 Å². The molecule has 2 aliphatic rings. The molecule has 164 valence electrons. The van der Waals surface area contributed by atoms with Gasteiger partial charge in [0.15, 0.2) is 11.5 Å². The molecule has 3 aromatic carbocycles. The minimum absolute atomic E-state index is 0.0838. The third kappa shape index (κ3) is 3.78. The van der Waals surface area contributed by atoms with E-state index in [1.807, 2.05) is 18.2 Å². The monoisotopic (exact) mass is 450 g/mol. The molecule has 0 saturated heterocycles. The zero-order valence-corrected chi connectivity index (χ0v) is 18.1. The zero-order chi connectivity index (χ0) is 22.1. The maximum Gasteiger partial charge on any atom is 0.264 e. The van der Waals surface area contributed by atoms with Crippen molar-refractivity contribution in [2.45, 2.75) is 17.7 Å². The molecular formula is C24H22N2O5S. The number of anilines is 2. The molecule has 0 aliphatic carbocycles. The summed E-state index contributed by atoms with van der Waals surface area (Å²) in [5, 5.41) is 2.81. The highest BCUT2D eigenvalue weighted by atomic mass is 32.2. The van der Waals surface area contributed by atoms with Crippen LogP contribution in [0.15, 0.2) is 71.6 Å². The Morgan fingerprint density at radius 2 is 1.72 bits per heavy atom. The second kappa shape index (κ2) is 8.20. The first-order chi connectivity index (χ1) is 15.5. The Bertz CT molecular complexity index is 1290. The summed E-state index contributed by atoms with van der Waals surface area (Å²) in [5.74, 6) is 0.808. The third-order valence-electron chi connectivity index (χ3n) is 5.53. The van der Waals surface area contributed by atoms with Crippen molar-refractivity contribution in [3.63, 3.8) is 0 Å². The number of ether oxygens (including phenoxy) is 2. The number of hydrogen-bond acceptors (Lipinski definition) is 5. The van der Waals surface area contributed by atoms with Crippen LogP contribution in [0.4, 0.5) is 11.4 Å². The van der Waals surface area contributed by atoms with Crippen molar-refractivity contribution in [2.75, 3.05) is 29.4 Å². The van der Waals surface area contributed by atoms with E-state index in [4.69, 9.17) is 9.47 Å². The summed E-state index contributed by atoms with van der Waals surface area (Å²) in [4.78, 5) is 12.9. The predicted octanol–water partition coefficient (Wildman–Crippen LogP) is 3.85. The molecule has 0 unspecified atom stereocenters. The molecule has 0 saturated carbocycles. The van der Waals surface area contributed by atoms with Crippen LogP contribution in [0.25, 0.3) is 0 Å². The van der Waals surface area contributed by atoms with Gasteiger partial charge in [-0.3, -0.25) is 9.10 Å². The minimum atomic E-state index is -3.78. The Balaban J connectivity index is 1.38. The smallest absolute Gasteiger partial charge is 0.264 e. The average Bonchev–Trinajstić information content (AvgIpc) is 3.12. The maximum absolute atomic E-state index is 13.3. The molecule has 7 nitrogen and oxygen atoms in total. The topological polar surface area (TPSA) is 84.9 Å². The zero-order valence-electron chi connectivity index (χ0n) is 17.3. The number of benzene rings is 3. The highest BCUT2D eigenvalue weighted by molar-refractivity contribution is 7.92. The number of para-hydroxylation sites is 1. The van der Waals surface area contributed by atoms with Gasteiger partial charge in [0.25, 0.3) is 15.9 Å². The Labute approximate surface area is 186 Å². The lowest BCUT2D eigenvalue weighted by molar-refractivity contribution is 0.102. The van der Waals surface area contributed by atoms with Gasteiger partial charge >= 0.3 is 0 Å². The molecule has 0 bridgehead atoms. The second-order valence-corrected chi connectivity index (χ2v) is 9.51. The van der Waals surface area contributed by atoms with E-state index in [0.29, 0.717) is 49.1 Å². The molecule has 1 amide bonds. The molecule has 0 aromatic heterocycles. The summed E-state index contributed by atoms with van der Waals surface area (Å²) < 4.78 is 39.3. The van der Waals surface area contributed by atoms with Gasteiger partial charge in [-0.15, -0.1) is 0 Å². The Kier molecular flexibility index (Phi) is 5.22. The molecule has 0 radical (unpaired) electrons. The van der Waals surface area contributed by atoms with E-state index in [0.717, 1.165) is 12.0 Å². The summed E-state index contributed by atoms with van der Waals surface area (Å²) in [6, 6.07) is 18.8. The molecule has 32 heavy (non-hydrogen) atoms. The van der Waals surface area contributed by atoms with Gasteiger partial charge in [-0.1, -0.05) is 24.3 Å². The minimum Gasteiger partial charge on any atom is -0.490 e. The molecule has 8 heteroatoms. The SMILES string of the molecule is O=C(Nc1ccc2c(c1)OCCCO2)c1cccc(S(=O)(=O)N2CCc3ccccc32)c1. The lowest BCUT2D eigenvalue weighted by atomic mass is 10.2. The van der Waals surface area contributed by atoms with Gasteiger partial charge in [-0.2, -0.15) is 0 Å². The van der Waals surface area contributed by atoms with Crippen molar-refractivity contribution in [3.05, 3.63) is 77.9 Å². The number of amides is 1. The molecule has 5 rings (SSSR count). The van der Waals surface area contributed by atoms with Gasteiger partial charge in [-0.05, 0) is 48.4 Å². The molecule has 2 heterocycles. The van der Waals surface area contributed by atoms with Gasteiger partial charge in [0.05, 0.1) is 23.8 Å². The fraction of sp³-hybridized carbons (Fsp3) is 0.208. The highest BCUT2D eigenvalue weighted by Gasteiger charge is 2.31. The number of sulfonamides is 1. The summed E-state index contributed by atoms with van der Waals surface area (Å²) in [6.07, 6.45) is 1.46. The Morgan fingerprint density at radius 1 is 0.906 bits per heavy atom. The number of nitrogens with zero attached hydrogens (tertiary/aromatic N) is 1. The third-order valence-corrected chi connectivity index (χ3v) is 7.34. The molecule has 0 spiro atoms. The highest BCUT2D eigenvalue weighted by Crippen LogP contribution is 2.34. The number of fused-ring (bicyclic) bond motifs is 2. The summed E-state index contributed by atoms with van der Waals surface area (Å²) >= 11 is 0. The van der Waals surface area contributed by atoms with Crippen LogP contribution in [0.1, 0.15) is 22.3 Å².